The highest BCUT2D eigenvalue weighted by Gasteiger charge is 2.24. The number of nitrogens with zero attached hydrogens (tertiary/aromatic N) is 1. The van der Waals surface area contributed by atoms with Gasteiger partial charge >= 0.3 is 12.0 Å². The Balaban J connectivity index is 4.37. The summed E-state index contributed by atoms with van der Waals surface area (Å²) < 4.78 is 4.82. The molecule has 2 amide bonds. The average Bonchev–Trinajstić information content (AvgIpc) is 2.18. The fraction of sp³-hybridized carbons (Fsp3) is 0.778. The fourth-order valence-electron chi connectivity index (χ4n) is 1.13. The molecule has 0 aliphatic rings. The van der Waals surface area contributed by atoms with Gasteiger partial charge in [-0.15, -0.1) is 0 Å². The van der Waals surface area contributed by atoms with Gasteiger partial charge in [-0.05, 0) is 20.8 Å². The Morgan fingerprint density at radius 3 is 2.36 bits per heavy atom. The first-order chi connectivity index (χ1) is 6.58. The van der Waals surface area contributed by atoms with Crippen molar-refractivity contribution in [2.24, 2.45) is 0 Å². The maximum Gasteiger partial charge on any atom is 0.328 e. The average molecular weight is 202 g/mol. The highest BCUT2D eigenvalue weighted by Crippen LogP contribution is 2.01. The number of rotatable bonds is 4. The predicted octanol–water partition coefficient (Wildman–Crippen LogP) is 0.599. The molecule has 0 aliphatic carbocycles. The first-order valence-electron chi connectivity index (χ1n) is 4.73. The van der Waals surface area contributed by atoms with E-state index in [0.29, 0.717) is 13.2 Å². The van der Waals surface area contributed by atoms with E-state index in [0.717, 1.165) is 0 Å². The van der Waals surface area contributed by atoms with Crippen molar-refractivity contribution in [3.63, 3.8) is 0 Å². The molecular formula is C9H18N2O3. The number of ether oxygens (including phenoxy) is 1. The van der Waals surface area contributed by atoms with Crippen LogP contribution >= 0.6 is 0 Å². The van der Waals surface area contributed by atoms with E-state index in [4.69, 9.17) is 4.74 Å². The molecule has 5 heteroatoms. The zero-order chi connectivity index (χ0) is 11.1. The highest BCUT2D eigenvalue weighted by atomic mass is 16.5. The lowest BCUT2D eigenvalue weighted by atomic mass is 10.3. The predicted molar refractivity (Wildman–Crippen MR) is 52.9 cm³/mol. The summed E-state index contributed by atoms with van der Waals surface area (Å²) in [7, 11) is 1.53. The van der Waals surface area contributed by atoms with Crippen LogP contribution in [0.3, 0.4) is 0 Å². The van der Waals surface area contributed by atoms with E-state index >= 15 is 0 Å². The molecule has 14 heavy (non-hydrogen) atoms. The van der Waals surface area contributed by atoms with Crippen LogP contribution in [0, 0.1) is 0 Å². The third-order valence-corrected chi connectivity index (χ3v) is 1.91. The van der Waals surface area contributed by atoms with E-state index < -0.39 is 6.04 Å². The van der Waals surface area contributed by atoms with E-state index in [9.17, 15) is 9.59 Å². The zero-order valence-corrected chi connectivity index (χ0v) is 9.16. The maximum atomic E-state index is 11.3. The van der Waals surface area contributed by atoms with E-state index in [-0.39, 0.29) is 12.0 Å². The molecule has 82 valence electrons. The molecule has 0 aromatic rings. The molecule has 1 N–H and O–H groups in total. The molecule has 5 nitrogen and oxygen atoms in total. The summed E-state index contributed by atoms with van der Waals surface area (Å²) in [6.07, 6.45) is 0. The lowest BCUT2D eigenvalue weighted by Gasteiger charge is -2.25. The maximum absolute atomic E-state index is 11.3. The molecular weight excluding hydrogens is 184 g/mol. The Morgan fingerprint density at radius 2 is 2.00 bits per heavy atom. The number of carbonyl (C=O) groups excluding carboxylic acids is 2. The van der Waals surface area contributed by atoms with Gasteiger partial charge in [-0.3, -0.25) is 0 Å². The van der Waals surface area contributed by atoms with Gasteiger partial charge < -0.3 is 15.0 Å². The molecule has 0 bridgehead atoms. The van der Waals surface area contributed by atoms with Crippen molar-refractivity contribution in [3.05, 3.63) is 0 Å². The van der Waals surface area contributed by atoms with Crippen molar-refractivity contribution in [1.82, 2.24) is 10.2 Å². The standard InChI is InChI=1S/C9H18N2O3/c1-5-11(9(13)10-4)7(3)8(12)14-6-2/h7H,5-6H2,1-4H3,(H,10,13). The lowest BCUT2D eigenvalue weighted by Crippen LogP contribution is -2.47. The molecule has 0 saturated carbocycles. The second-order valence-corrected chi connectivity index (χ2v) is 2.77. The molecule has 1 atom stereocenters. The smallest absolute Gasteiger partial charge is 0.328 e. The summed E-state index contributed by atoms with van der Waals surface area (Å²) in [4.78, 5) is 24.0. The molecule has 0 saturated heterocycles. The third kappa shape index (κ3) is 3.24. The number of esters is 1. The van der Waals surface area contributed by atoms with Crippen LogP contribution in [-0.2, 0) is 9.53 Å². The quantitative estimate of drug-likeness (QED) is 0.679. The monoisotopic (exact) mass is 202 g/mol. The van der Waals surface area contributed by atoms with Gasteiger partial charge in [-0.25, -0.2) is 9.59 Å². The van der Waals surface area contributed by atoms with Crippen molar-refractivity contribution in [3.8, 4) is 0 Å². The number of urea groups is 1. The van der Waals surface area contributed by atoms with E-state index in [1.807, 2.05) is 6.92 Å². The van der Waals surface area contributed by atoms with Gasteiger partial charge in [0.25, 0.3) is 0 Å². The first-order valence-corrected chi connectivity index (χ1v) is 4.73. The summed E-state index contributed by atoms with van der Waals surface area (Å²) >= 11 is 0. The normalized spacial score (nSPS) is 11.7. The van der Waals surface area contributed by atoms with Crippen LogP contribution in [0.4, 0.5) is 4.79 Å². The summed E-state index contributed by atoms with van der Waals surface area (Å²) in [5.41, 5.74) is 0. The Bertz CT molecular complexity index is 206. The summed E-state index contributed by atoms with van der Waals surface area (Å²) in [5.74, 6) is -0.377. The highest BCUT2D eigenvalue weighted by molar-refractivity contribution is 5.83. The lowest BCUT2D eigenvalue weighted by molar-refractivity contribution is -0.147. The molecule has 0 rings (SSSR count). The van der Waals surface area contributed by atoms with Crippen LogP contribution in [0.15, 0.2) is 0 Å². The first kappa shape index (κ1) is 12.7. The third-order valence-electron chi connectivity index (χ3n) is 1.91. The summed E-state index contributed by atoms with van der Waals surface area (Å²) in [6.45, 7) is 6.00. The van der Waals surface area contributed by atoms with Gasteiger partial charge in [-0.2, -0.15) is 0 Å². The van der Waals surface area contributed by atoms with Crippen molar-refractivity contribution < 1.29 is 14.3 Å². The minimum absolute atomic E-state index is 0.270. The van der Waals surface area contributed by atoms with Crippen LogP contribution in [0.5, 0.6) is 0 Å². The van der Waals surface area contributed by atoms with Gasteiger partial charge in [0.1, 0.15) is 6.04 Å². The van der Waals surface area contributed by atoms with Crippen molar-refractivity contribution in [2.75, 3.05) is 20.2 Å². The SMILES string of the molecule is CCOC(=O)C(C)N(CC)C(=O)NC. The molecule has 0 fully saturated rings. The topological polar surface area (TPSA) is 58.6 Å². The minimum Gasteiger partial charge on any atom is -0.464 e. The van der Waals surface area contributed by atoms with Crippen molar-refractivity contribution >= 4 is 12.0 Å². The van der Waals surface area contributed by atoms with Crippen LogP contribution in [0.2, 0.25) is 0 Å². The molecule has 0 aromatic heterocycles. The van der Waals surface area contributed by atoms with E-state index in [1.54, 1.807) is 13.8 Å². The Morgan fingerprint density at radius 1 is 1.43 bits per heavy atom. The molecule has 0 radical (unpaired) electrons. The number of hydrogen-bond donors (Lipinski definition) is 1. The largest absolute Gasteiger partial charge is 0.464 e. The molecule has 1 unspecified atom stereocenters. The van der Waals surface area contributed by atoms with Gasteiger partial charge in [-0.1, -0.05) is 0 Å². The Kier molecular flexibility index (Phi) is 5.67. The number of carbonyl (C=O) groups is 2. The van der Waals surface area contributed by atoms with Gasteiger partial charge in [0, 0.05) is 13.6 Å². The van der Waals surface area contributed by atoms with Crippen molar-refractivity contribution in [1.29, 1.82) is 0 Å². The second kappa shape index (κ2) is 6.23. The molecule has 0 spiro atoms. The molecule has 0 aliphatic heterocycles. The summed E-state index contributed by atoms with van der Waals surface area (Å²) in [5, 5.41) is 2.47. The zero-order valence-electron chi connectivity index (χ0n) is 9.16. The summed E-state index contributed by atoms with van der Waals surface area (Å²) in [6, 6.07) is -0.812. The molecule has 0 aromatic carbocycles. The Labute approximate surface area is 84.4 Å². The van der Waals surface area contributed by atoms with Gasteiger partial charge in [0.15, 0.2) is 0 Å². The van der Waals surface area contributed by atoms with E-state index in [2.05, 4.69) is 5.32 Å². The van der Waals surface area contributed by atoms with E-state index in [1.165, 1.54) is 11.9 Å². The molecule has 0 heterocycles. The Hall–Kier alpha value is -1.26. The van der Waals surface area contributed by atoms with Gasteiger partial charge in [0.2, 0.25) is 0 Å². The number of likely N-dealkylation sites (N-methyl/N-ethyl adjacent to an activating group) is 1. The van der Waals surface area contributed by atoms with Crippen LogP contribution in [-0.4, -0.2) is 43.1 Å². The second-order valence-electron chi connectivity index (χ2n) is 2.77. The van der Waals surface area contributed by atoms with Crippen LogP contribution in [0.1, 0.15) is 20.8 Å². The number of nitrogens with one attached hydrogen (secondary N) is 1. The van der Waals surface area contributed by atoms with Crippen LogP contribution < -0.4 is 5.32 Å². The fourth-order valence-corrected chi connectivity index (χ4v) is 1.13. The number of amides is 2. The van der Waals surface area contributed by atoms with Gasteiger partial charge in [0.05, 0.1) is 6.61 Å². The van der Waals surface area contributed by atoms with Crippen molar-refractivity contribution in [2.45, 2.75) is 26.8 Å². The van der Waals surface area contributed by atoms with Crippen LogP contribution in [0.25, 0.3) is 0 Å². The minimum atomic E-state index is -0.542. The number of hydrogen-bond acceptors (Lipinski definition) is 3.